The van der Waals surface area contributed by atoms with Gasteiger partial charge < -0.3 is 9.64 Å². The summed E-state index contributed by atoms with van der Waals surface area (Å²) in [7, 11) is 1.25. The summed E-state index contributed by atoms with van der Waals surface area (Å²) >= 11 is 1.21. The van der Waals surface area contributed by atoms with Crippen molar-refractivity contribution in [2.24, 2.45) is 0 Å². The molecular formula is C17H17F3N2O3S. The van der Waals surface area contributed by atoms with E-state index in [2.05, 4.69) is 9.72 Å². The normalized spacial score (nSPS) is 11.3. The maximum absolute atomic E-state index is 12.6. The lowest BCUT2D eigenvalue weighted by molar-refractivity contribution is -0.137. The maximum Gasteiger partial charge on any atom is 0.416 e. The van der Waals surface area contributed by atoms with Crippen LogP contribution in [0.1, 0.15) is 44.8 Å². The van der Waals surface area contributed by atoms with Crippen molar-refractivity contribution >= 4 is 23.2 Å². The zero-order chi connectivity index (χ0) is 19.3. The van der Waals surface area contributed by atoms with Crippen LogP contribution in [0.5, 0.6) is 0 Å². The van der Waals surface area contributed by atoms with Gasteiger partial charge in [-0.1, -0.05) is 6.92 Å². The number of carbonyl (C=O) groups excluding carboxylic acids is 2. The summed E-state index contributed by atoms with van der Waals surface area (Å²) in [5, 5.41) is 2.08. The number of carbonyl (C=O) groups is 2. The van der Waals surface area contributed by atoms with E-state index in [-0.39, 0.29) is 17.8 Å². The Morgan fingerprint density at radius 1 is 1.23 bits per heavy atom. The third-order valence-corrected chi connectivity index (χ3v) is 4.35. The first-order chi connectivity index (χ1) is 12.3. The van der Waals surface area contributed by atoms with Gasteiger partial charge in [0, 0.05) is 17.5 Å². The molecule has 0 saturated carbocycles. The van der Waals surface area contributed by atoms with Gasteiger partial charge in [0.05, 0.1) is 19.2 Å². The average Bonchev–Trinajstić information content (AvgIpc) is 3.08. The minimum absolute atomic E-state index is 0.158. The average molecular weight is 386 g/mol. The van der Waals surface area contributed by atoms with Gasteiger partial charge in [-0.05, 0) is 30.7 Å². The molecule has 0 radical (unpaired) electrons. The maximum atomic E-state index is 12.6. The molecule has 0 aliphatic rings. The molecule has 1 amide bonds. The number of hydrogen-bond donors (Lipinski definition) is 0. The lowest BCUT2D eigenvalue weighted by Crippen LogP contribution is -2.31. The smallest absolute Gasteiger partial charge is 0.416 e. The Labute approximate surface area is 152 Å². The van der Waals surface area contributed by atoms with Gasteiger partial charge in [0.25, 0.3) is 5.91 Å². The van der Waals surface area contributed by atoms with Crippen LogP contribution in [0.2, 0.25) is 0 Å². The summed E-state index contributed by atoms with van der Waals surface area (Å²) in [6, 6.07) is 4.09. The van der Waals surface area contributed by atoms with Crippen molar-refractivity contribution in [1.29, 1.82) is 0 Å². The highest BCUT2D eigenvalue weighted by atomic mass is 32.1. The highest BCUT2D eigenvalue weighted by Gasteiger charge is 2.30. The highest BCUT2D eigenvalue weighted by Crippen LogP contribution is 2.29. The van der Waals surface area contributed by atoms with Gasteiger partial charge in [0.15, 0.2) is 5.69 Å². The van der Waals surface area contributed by atoms with Gasteiger partial charge in [0.1, 0.15) is 5.01 Å². The van der Waals surface area contributed by atoms with Crippen LogP contribution >= 0.6 is 11.3 Å². The molecule has 140 valence electrons. The number of esters is 1. The van der Waals surface area contributed by atoms with E-state index < -0.39 is 23.6 Å². The number of hydrogen-bond acceptors (Lipinski definition) is 5. The van der Waals surface area contributed by atoms with Crippen LogP contribution in [0, 0.1) is 0 Å². The summed E-state index contributed by atoms with van der Waals surface area (Å²) < 4.78 is 42.5. The molecule has 2 rings (SSSR count). The molecule has 1 aromatic carbocycles. The lowest BCUT2D eigenvalue weighted by atomic mass is 10.1. The fourth-order valence-electron chi connectivity index (χ4n) is 2.25. The van der Waals surface area contributed by atoms with E-state index in [1.807, 2.05) is 6.92 Å². The first kappa shape index (κ1) is 19.9. The van der Waals surface area contributed by atoms with Crippen molar-refractivity contribution in [1.82, 2.24) is 9.88 Å². The molecule has 9 heteroatoms. The van der Waals surface area contributed by atoms with Crippen LogP contribution in [-0.2, 0) is 17.5 Å². The van der Waals surface area contributed by atoms with E-state index >= 15 is 0 Å². The zero-order valence-electron chi connectivity index (χ0n) is 14.2. The molecule has 0 atom stereocenters. The molecule has 1 aromatic heterocycles. The second-order valence-corrected chi connectivity index (χ2v) is 6.36. The van der Waals surface area contributed by atoms with Crippen molar-refractivity contribution < 1.29 is 27.5 Å². The number of alkyl halides is 3. The van der Waals surface area contributed by atoms with E-state index in [0.29, 0.717) is 18.0 Å². The topological polar surface area (TPSA) is 59.5 Å². The molecule has 1 heterocycles. The molecule has 0 aliphatic carbocycles. The van der Waals surface area contributed by atoms with Crippen molar-refractivity contribution in [2.45, 2.75) is 26.1 Å². The molecule has 0 bridgehead atoms. The quantitative estimate of drug-likeness (QED) is 0.704. The van der Waals surface area contributed by atoms with Crippen LogP contribution in [0.15, 0.2) is 29.6 Å². The van der Waals surface area contributed by atoms with Crippen molar-refractivity contribution in [2.75, 3.05) is 13.7 Å². The molecule has 0 aliphatic heterocycles. The Bertz CT molecular complexity index is 772. The second kappa shape index (κ2) is 8.31. The Hall–Kier alpha value is -2.42. The number of ether oxygens (including phenoxy) is 1. The minimum Gasteiger partial charge on any atom is -0.464 e. The Balaban J connectivity index is 2.16. The standard InChI is InChI=1S/C17H17F3N2O3S/c1-3-8-22(9-14-21-13(10-26-14)16(24)25-2)15(23)11-4-6-12(7-5-11)17(18,19)20/h4-7,10H,3,8-9H2,1-2H3. The first-order valence-electron chi connectivity index (χ1n) is 7.75. The third-order valence-electron chi connectivity index (χ3n) is 3.51. The monoisotopic (exact) mass is 386 g/mol. The van der Waals surface area contributed by atoms with Gasteiger partial charge in [-0.25, -0.2) is 9.78 Å². The molecule has 0 fully saturated rings. The molecule has 0 saturated heterocycles. The fraction of sp³-hybridized carbons (Fsp3) is 0.353. The summed E-state index contributed by atoms with van der Waals surface area (Å²) in [4.78, 5) is 29.7. The van der Waals surface area contributed by atoms with Crippen molar-refractivity contribution in [3.8, 4) is 0 Å². The zero-order valence-corrected chi connectivity index (χ0v) is 15.0. The van der Waals surface area contributed by atoms with Crippen LogP contribution in [0.25, 0.3) is 0 Å². The summed E-state index contributed by atoms with van der Waals surface area (Å²) in [5.41, 5.74) is -0.485. The molecule has 2 aromatic rings. The Morgan fingerprint density at radius 2 is 1.88 bits per heavy atom. The van der Waals surface area contributed by atoms with E-state index in [1.54, 1.807) is 0 Å². The number of methoxy groups -OCH3 is 1. The van der Waals surface area contributed by atoms with Gasteiger partial charge >= 0.3 is 12.1 Å². The number of amides is 1. The number of benzene rings is 1. The number of thiazole rings is 1. The number of rotatable bonds is 6. The predicted octanol–water partition coefficient (Wildman–Crippen LogP) is 4.00. The lowest BCUT2D eigenvalue weighted by Gasteiger charge is -2.21. The first-order valence-corrected chi connectivity index (χ1v) is 8.63. The SMILES string of the molecule is CCCN(Cc1nc(C(=O)OC)cs1)C(=O)c1ccc(C(F)(F)F)cc1. The Morgan fingerprint density at radius 3 is 2.42 bits per heavy atom. The van der Waals surface area contributed by atoms with Gasteiger partial charge in [0.2, 0.25) is 0 Å². The number of aromatic nitrogens is 1. The van der Waals surface area contributed by atoms with E-state index in [1.165, 1.54) is 28.7 Å². The summed E-state index contributed by atoms with van der Waals surface area (Å²) in [5.74, 6) is -0.959. The number of nitrogens with zero attached hydrogens (tertiary/aromatic N) is 2. The largest absolute Gasteiger partial charge is 0.464 e. The highest BCUT2D eigenvalue weighted by molar-refractivity contribution is 7.09. The molecule has 26 heavy (non-hydrogen) atoms. The van der Waals surface area contributed by atoms with Crippen LogP contribution in [0.4, 0.5) is 13.2 Å². The predicted molar refractivity (Wildman–Crippen MR) is 89.9 cm³/mol. The van der Waals surface area contributed by atoms with E-state index in [9.17, 15) is 22.8 Å². The Kier molecular flexibility index (Phi) is 6.36. The van der Waals surface area contributed by atoms with Crippen molar-refractivity contribution in [3.63, 3.8) is 0 Å². The van der Waals surface area contributed by atoms with Gasteiger partial charge in [-0.15, -0.1) is 11.3 Å². The molecule has 0 spiro atoms. The summed E-state index contributed by atoms with van der Waals surface area (Å²) in [6.07, 6.45) is -3.78. The molecule has 0 N–H and O–H groups in total. The summed E-state index contributed by atoms with van der Waals surface area (Å²) in [6.45, 7) is 2.46. The number of halogens is 3. The van der Waals surface area contributed by atoms with Crippen LogP contribution in [0.3, 0.4) is 0 Å². The minimum atomic E-state index is -4.45. The van der Waals surface area contributed by atoms with Crippen LogP contribution < -0.4 is 0 Å². The van der Waals surface area contributed by atoms with Gasteiger partial charge in [-0.2, -0.15) is 13.2 Å². The second-order valence-electron chi connectivity index (χ2n) is 5.42. The van der Waals surface area contributed by atoms with Crippen LogP contribution in [-0.4, -0.2) is 35.4 Å². The molecule has 0 unspecified atom stereocenters. The fourth-order valence-corrected chi connectivity index (χ4v) is 3.03. The van der Waals surface area contributed by atoms with Crippen molar-refractivity contribution in [3.05, 3.63) is 51.5 Å². The van der Waals surface area contributed by atoms with E-state index in [0.717, 1.165) is 24.3 Å². The van der Waals surface area contributed by atoms with Gasteiger partial charge in [-0.3, -0.25) is 4.79 Å². The molecular weight excluding hydrogens is 369 g/mol. The molecule has 5 nitrogen and oxygen atoms in total. The van der Waals surface area contributed by atoms with E-state index in [4.69, 9.17) is 0 Å². The third kappa shape index (κ3) is 4.81.